The van der Waals surface area contributed by atoms with Gasteiger partial charge in [-0.25, -0.2) is 4.98 Å². The highest BCUT2D eigenvalue weighted by Crippen LogP contribution is 2.35. The van der Waals surface area contributed by atoms with Crippen molar-refractivity contribution in [3.8, 4) is 16.3 Å². The van der Waals surface area contributed by atoms with Crippen LogP contribution in [0.5, 0.6) is 5.75 Å². The molecule has 8 heteroatoms. The largest absolute Gasteiger partial charge is 0.491 e. The summed E-state index contributed by atoms with van der Waals surface area (Å²) in [7, 11) is 0. The van der Waals surface area contributed by atoms with E-state index in [2.05, 4.69) is 22.5 Å². The molecule has 0 spiro atoms. The molecule has 1 atom stereocenters. The van der Waals surface area contributed by atoms with Gasteiger partial charge in [0.25, 0.3) is 5.91 Å². The number of anilines is 1. The molecular formula is C25H22ClN3O2S2. The van der Waals surface area contributed by atoms with Gasteiger partial charge in [-0.2, -0.15) is 0 Å². The summed E-state index contributed by atoms with van der Waals surface area (Å²) < 4.78 is 6.84. The smallest absolute Gasteiger partial charge is 0.257 e. The summed E-state index contributed by atoms with van der Waals surface area (Å²) >= 11 is 13.4. The molecule has 4 rings (SSSR count). The summed E-state index contributed by atoms with van der Waals surface area (Å²) in [5, 5.41) is 7.36. The highest BCUT2D eigenvalue weighted by molar-refractivity contribution is 7.80. The fraction of sp³-hybridized carbons (Fsp3) is 0.160. The quantitative estimate of drug-likeness (QED) is 0.284. The lowest BCUT2D eigenvalue weighted by Gasteiger charge is -2.13. The van der Waals surface area contributed by atoms with Crippen molar-refractivity contribution in [2.75, 3.05) is 5.32 Å². The number of carbonyl (C=O) groups excluding carboxylic acids is 1. The zero-order valence-corrected chi connectivity index (χ0v) is 20.5. The predicted molar refractivity (Wildman–Crippen MR) is 141 cm³/mol. The Morgan fingerprint density at radius 1 is 1.15 bits per heavy atom. The van der Waals surface area contributed by atoms with Crippen LogP contribution in [0.2, 0.25) is 5.02 Å². The Morgan fingerprint density at radius 2 is 1.91 bits per heavy atom. The number of fused-ring (bicyclic) bond motifs is 1. The molecule has 0 aliphatic heterocycles. The van der Waals surface area contributed by atoms with E-state index >= 15 is 0 Å². The molecule has 2 N–H and O–H groups in total. The Balaban J connectivity index is 1.43. The maximum atomic E-state index is 12.6. The number of ether oxygens (including phenoxy) is 1. The Bertz CT molecular complexity index is 1270. The Labute approximate surface area is 206 Å². The molecule has 0 aliphatic rings. The summed E-state index contributed by atoms with van der Waals surface area (Å²) in [5.74, 6) is 0.424. The zero-order chi connectivity index (χ0) is 23.4. The van der Waals surface area contributed by atoms with Gasteiger partial charge in [0.2, 0.25) is 0 Å². The molecule has 1 amide bonds. The van der Waals surface area contributed by atoms with E-state index in [1.54, 1.807) is 47.7 Å². The minimum Gasteiger partial charge on any atom is -0.491 e. The standard InChI is InChI=1S/C25H22ClN3O2S2/c1-3-15(2)31-18-11-8-16(9-12-18)23(30)29-25(32)27-17-10-13-20(26)19(14-17)24-28-21-6-4-5-7-22(21)33-24/h4-15H,3H2,1-2H3,(H2,27,29,30,32)/t15-/m1/s1. The van der Waals surface area contributed by atoms with Crippen LogP contribution >= 0.6 is 35.2 Å². The third kappa shape index (κ3) is 5.68. The highest BCUT2D eigenvalue weighted by Gasteiger charge is 2.13. The molecule has 168 valence electrons. The number of aromatic nitrogens is 1. The maximum absolute atomic E-state index is 12.6. The third-order valence-corrected chi connectivity index (χ3v) is 6.61. The van der Waals surface area contributed by atoms with E-state index in [0.717, 1.165) is 33.0 Å². The molecule has 1 heterocycles. The number of benzene rings is 3. The number of nitrogens with zero attached hydrogens (tertiary/aromatic N) is 1. The van der Waals surface area contributed by atoms with E-state index in [-0.39, 0.29) is 17.1 Å². The number of thiazole rings is 1. The average molecular weight is 496 g/mol. The van der Waals surface area contributed by atoms with Crippen molar-refractivity contribution in [3.05, 3.63) is 77.3 Å². The molecule has 0 saturated carbocycles. The fourth-order valence-corrected chi connectivity index (χ4v) is 4.56. The van der Waals surface area contributed by atoms with E-state index in [1.807, 2.05) is 37.3 Å². The number of carbonyl (C=O) groups is 1. The molecule has 0 saturated heterocycles. The Hall–Kier alpha value is -3.00. The van der Waals surface area contributed by atoms with Crippen LogP contribution in [0, 0.1) is 0 Å². The number of nitrogens with one attached hydrogen (secondary N) is 2. The van der Waals surface area contributed by atoms with Crippen LogP contribution in [0.1, 0.15) is 30.6 Å². The lowest BCUT2D eigenvalue weighted by molar-refractivity contribution is 0.0977. The van der Waals surface area contributed by atoms with Gasteiger partial charge in [0.1, 0.15) is 10.8 Å². The second kappa shape index (κ2) is 10.3. The van der Waals surface area contributed by atoms with E-state index in [4.69, 9.17) is 28.6 Å². The number of thiocarbonyl (C=S) groups is 1. The van der Waals surface area contributed by atoms with Gasteiger partial charge in [0.05, 0.1) is 21.3 Å². The molecule has 0 aliphatic carbocycles. The predicted octanol–water partition coefficient (Wildman–Crippen LogP) is 6.92. The third-order valence-electron chi connectivity index (χ3n) is 5.00. The fourth-order valence-electron chi connectivity index (χ4n) is 3.09. The van der Waals surface area contributed by atoms with Crippen LogP contribution < -0.4 is 15.4 Å². The van der Waals surface area contributed by atoms with Gasteiger partial charge in [-0.1, -0.05) is 30.7 Å². The van der Waals surface area contributed by atoms with Gasteiger partial charge in [-0.05, 0) is 80.2 Å². The normalized spacial score (nSPS) is 11.7. The van der Waals surface area contributed by atoms with E-state index in [1.165, 1.54) is 0 Å². The molecular weight excluding hydrogens is 474 g/mol. The average Bonchev–Trinajstić information content (AvgIpc) is 3.24. The Kier molecular flexibility index (Phi) is 7.23. The summed E-state index contributed by atoms with van der Waals surface area (Å²) in [6.07, 6.45) is 1.03. The number of para-hydroxylation sites is 1. The summed E-state index contributed by atoms with van der Waals surface area (Å²) in [6, 6.07) is 20.4. The van der Waals surface area contributed by atoms with E-state index < -0.39 is 0 Å². The number of hydrogen-bond donors (Lipinski definition) is 2. The van der Waals surface area contributed by atoms with Crippen LogP contribution in [0.25, 0.3) is 20.8 Å². The summed E-state index contributed by atoms with van der Waals surface area (Å²) in [6.45, 7) is 4.06. The number of hydrogen-bond acceptors (Lipinski definition) is 5. The minimum absolute atomic E-state index is 0.119. The van der Waals surface area contributed by atoms with Crippen LogP contribution in [0.3, 0.4) is 0 Å². The van der Waals surface area contributed by atoms with Gasteiger partial charge in [0.15, 0.2) is 5.11 Å². The first kappa shape index (κ1) is 23.2. The molecule has 4 aromatic rings. The van der Waals surface area contributed by atoms with Gasteiger partial charge < -0.3 is 10.1 Å². The molecule has 33 heavy (non-hydrogen) atoms. The topological polar surface area (TPSA) is 63.2 Å². The van der Waals surface area contributed by atoms with Crippen molar-refractivity contribution in [3.63, 3.8) is 0 Å². The monoisotopic (exact) mass is 495 g/mol. The van der Waals surface area contributed by atoms with Crippen molar-refractivity contribution in [2.24, 2.45) is 0 Å². The lowest BCUT2D eigenvalue weighted by Crippen LogP contribution is -2.34. The SMILES string of the molecule is CC[C@@H](C)Oc1ccc(C(=O)NC(=S)Nc2ccc(Cl)c(-c3nc4ccccc4s3)c2)cc1. The number of halogens is 1. The van der Waals surface area contributed by atoms with E-state index in [9.17, 15) is 4.79 Å². The first-order valence-electron chi connectivity index (χ1n) is 10.5. The van der Waals surface area contributed by atoms with Crippen molar-refractivity contribution in [1.82, 2.24) is 10.3 Å². The second-order valence-electron chi connectivity index (χ2n) is 7.45. The molecule has 0 bridgehead atoms. The van der Waals surface area contributed by atoms with Crippen LogP contribution in [-0.4, -0.2) is 22.1 Å². The molecule has 1 aromatic heterocycles. The van der Waals surface area contributed by atoms with Crippen LogP contribution in [-0.2, 0) is 0 Å². The Morgan fingerprint density at radius 3 is 2.64 bits per heavy atom. The highest BCUT2D eigenvalue weighted by atomic mass is 35.5. The number of amides is 1. The van der Waals surface area contributed by atoms with Gasteiger partial charge in [-0.15, -0.1) is 11.3 Å². The summed E-state index contributed by atoms with van der Waals surface area (Å²) in [4.78, 5) is 17.2. The maximum Gasteiger partial charge on any atom is 0.257 e. The van der Waals surface area contributed by atoms with Crippen molar-refractivity contribution in [2.45, 2.75) is 26.4 Å². The van der Waals surface area contributed by atoms with Crippen molar-refractivity contribution < 1.29 is 9.53 Å². The molecule has 0 fully saturated rings. The first-order valence-corrected chi connectivity index (χ1v) is 12.1. The van der Waals surface area contributed by atoms with Crippen molar-refractivity contribution >= 4 is 62.1 Å². The van der Waals surface area contributed by atoms with Gasteiger partial charge >= 0.3 is 0 Å². The first-order chi connectivity index (χ1) is 15.9. The zero-order valence-electron chi connectivity index (χ0n) is 18.1. The van der Waals surface area contributed by atoms with Crippen molar-refractivity contribution in [1.29, 1.82) is 0 Å². The van der Waals surface area contributed by atoms with E-state index in [0.29, 0.717) is 16.3 Å². The van der Waals surface area contributed by atoms with Gasteiger partial charge in [0, 0.05) is 16.8 Å². The molecule has 0 unspecified atom stereocenters. The number of rotatable bonds is 6. The van der Waals surface area contributed by atoms with Crippen LogP contribution in [0.4, 0.5) is 5.69 Å². The van der Waals surface area contributed by atoms with Crippen LogP contribution in [0.15, 0.2) is 66.7 Å². The van der Waals surface area contributed by atoms with Gasteiger partial charge in [-0.3, -0.25) is 10.1 Å². The minimum atomic E-state index is -0.303. The second-order valence-corrected chi connectivity index (χ2v) is 9.30. The molecule has 3 aromatic carbocycles. The molecule has 5 nitrogen and oxygen atoms in total. The lowest BCUT2D eigenvalue weighted by atomic mass is 10.2. The molecule has 0 radical (unpaired) electrons. The summed E-state index contributed by atoms with van der Waals surface area (Å²) in [5.41, 5.74) is 2.92.